The molecule has 1 fully saturated rings. The minimum Gasteiger partial charge on any atom is -0.493 e. The summed E-state index contributed by atoms with van der Waals surface area (Å²) in [5, 5.41) is 6.34. The monoisotopic (exact) mass is 519 g/mol. The lowest BCUT2D eigenvalue weighted by atomic mass is 9.97. The van der Waals surface area contributed by atoms with Crippen molar-refractivity contribution in [3.63, 3.8) is 0 Å². The quantitative estimate of drug-likeness (QED) is 0.437. The number of nitrogens with one attached hydrogen (secondary N) is 2. The van der Waals surface area contributed by atoms with Gasteiger partial charge in [-0.1, -0.05) is 12.1 Å². The molecule has 200 valence electrons. The summed E-state index contributed by atoms with van der Waals surface area (Å²) in [4.78, 5) is 24.3. The number of carbonyl (C=O) groups excluding carboxylic acids is 1. The van der Waals surface area contributed by atoms with Crippen LogP contribution in [0.4, 0.5) is 17.5 Å². The smallest absolute Gasteiger partial charge is 0.229 e. The van der Waals surface area contributed by atoms with E-state index < -0.39 is 0 Å². The number of rotatable bonds is 9. The molecule has 0 aliphatic carbocycles. The number of carbonyl (C=O) groups is 1. The number of anilines is 3. The van der Waals surface area contributed by atoms with Gasteiger partial charge in [0.15, 0.2) is 11.5 Å². The fourth-order valence-corrected chi connectivity index (χ4v) is 4.95. The van der Waals surface area contributed by atoms with Crippen molar-refractivity contribution in [3.05, 3.63) is 53.7 Å². The van der Waals surface area contributed by atoms with Crippen LogP contribution in [0.2, 0.25) is 0 Å². The fourth-order valence-electron chi connectivity index (χ4n) is 4.95. The van der Waals surface area contributed by atoms with Crippen molar-refractivity contribution in [1.29, 1.82) is 0 Å². The van der Waals surface area contributed by atoms with Gasteiger partial charge in [-0.2, -0.15) is 4.98 Å². The normalized spacial score (nSPS) is 16.3. The first-order valence-corrected chi connectivity index (χ1v) is 12.7. The Morgan fingerprint density at radius 2 is 1.92 bits per heavy atom. The molecule has 3 aromatic rings. The molecule has 38 heavy (non-hydrogen) atoms. The minimum absolute atomic E-state index is 0.0660. The molecule has 2 aliphatic rings. The van der Waals surface area contributed by atoms with Crippen LogP contribution in [0.25, 0.3) is 0 Å². The first-order chi connectivity index (χ1) is 18.6. The average Bonchev–Trinajstić information content (AvgIpc) is 3.43. The molecule has 2 aromatic carbocycles. The zero-order chi connectivity index (χ0) is 26.5. The molecular formula is C28H33N5O5. The van der Waals surface area contributed by atoms with Gasteiger partial charge in [-0.3, -0.25) is 4.79 Å². The second kappa shape index (κ2) is 11.5. The zero-order valence-corrected chi connectivity index (χ0v) is 22.0. The standard InChI is InChI=1S/C28H33N5O5/c1-35-23-14-21(15-24(36-2)26(23)37-3)31-28-29-10-8-25(32-28)33-11-4-5-20(17-33)27(34)30-16-18-6-7-22-19(13-18)9-12-38-22/h6-8,10,13-15,20H,4-5,9,11-12,16-17H2,1-3H3,(H,30,34)(H,29,31,32). The van der Waals surface area contributed by atoms with Crippen molar-refractivity contribution >= 4 is 23.4 Å². The van der Waals surface area contributed by atoms with E-state index in [1.165, 1.54) is 5.56 Å². The van der Waals surface area contributed by atoms with Crippen molar-refractivity contribution in [2.45, 2.75) is 25.8 Å². The number of amides is 1. The van der Waals surface area contributed by atoms with Crippen LogP contribution in [0.3, 0.4) is 0 Å². The van der Waals surface area contributed by atoms with Crippen LogP contribution in [0.5, 0.6) is 23.0 Å². The van der Waals surface area contributed by atoms with Gasteiger partial charge in [-0.15, -0.1) is 0 Å². The highest BCUT2D eigenvalue weighted by molar-refractivity contribution is 5.79. The second-order valence-corrected chi connectivity index (χ2v) is 9.32. The van der Waals surface area contributed by atoms with Crippen LogP contribution < -0.4 is 34.5 Å². The lowest BCUT2D eigenvalue weighted by molar-refractivity contribution is -0.125. The molecule has 0 spiro atoms. The molecule has 0 saturated carbocycles. The molecule has 10 nitrogen and oxygen atoms in total. The summed E-state index contributed by atoms with van der Waals surface area (Å²) in [6.45, 7) is 2.67. The van der Waals surface area contributed by atoms with Crippen molar-refractivity contribution in [3.8, 4) is 23.0 Å². The van der Waals surface area contributed by atoms with E-state index in [-0.39, 0.29) is 11.8 Å². The maximum Gasteiger partial charge on any atom is 0.229 e. The highest BCUT2D eigenvalue weighted by atomic mass is 16.5. The number of ether oxygens (including phenoxy) is 4. The Morgan fingerprint density at radius 1 is 1.11 bits per heavy atom. The van der Waals surface area contributed by atoms with E-state index in [1.807, 2.05) is 18.2 Å². The van der Waals surface area contributed by atoms with E-state index >= 15 is 0 Å². The van der Waals surface area contributed by atoms with Crippen LogP contribution in [0.15, 0.2) is 42.6 Å². The Morgan fingerprint density at radius 3 is 2.68 bits per heavy atom. The summed E-state index contributed by atoms with van der Waals surface area (Å²) in [6.07, 6.45) is 4.39. The summed E-state index contributed by atoms with van der Waals surface area (Å²) >= 11 is 0. The Hall–Kier alpha value is -4.21. The summed E-state index contributed by atoms with van der Waals surface area (Å²) in [5.41, 5.74) is 3.00. The summed E-state index contributed by atoms with van der Waals surface area (Å²) < 4.78 is 21.9. The fraction of sp³-hybridized carbons (Fsp3) is 0.393. The molecule has 2 N–H and O–H groups in total. The lowest BCUT2D eigenvalue weighted by Crippen LogP contribution is -2.43. The lowest BCUT2D eigenvalue weighted by Gasteiger charge is -2.33. The van der Waals surface area contributed by atoms with E-state index in [2.05, 4.69) is 26.6 Å². The molecule has 3 heterocycles. The molecule has 2 aliphatic heterocycles. The molecule has 1 saturated heterocycles. The zero-order valence-electron chi connectivity index (χ0n) is 22.0. The molecule has 0 radical (unpaired) electrons. The molecule has 5 rings (SSSR count). The number of methoxy groups -OCH3 is 3. The van der Waals surface area contributed by atoms with Gasteiger partial charge >= 0.3 is 0 Å². The largest absolute Gasteiger partial charge is 0.493 e. The molecule has 10 heteroatoms. The van der Waals surface area contributed by atoms with Crippen molar-refractivity contribution < 1.29 is 23.7 Å². The molecule has 0 bridgehead atoms. The van der Waals surface area contributed by atoms with Crippen molar-refractivity contribution in [2.24, 2.45) is 5.92 Å². The SMILES string of the molecule is COc1cc(Nc2nccc(N3CCCC(C(=O)NCc4ccc5c(c4)CCO5)C3)n2)cc(OC)c1OC. The third kappa shape index (κ3) is 5.53. The van der Waals surface area contributed by atoms with E-state index in [1.54, 1.807) is 39.7 Å². The molecule has 1 atom stereocenters. The second-order valence-electron chi connectivity index (χ2n) is 9.32. The number of hydrogen-bond acceptors (Lipinski definition) is 9. The van der Waals surface area contributed by atoms with Crippen LogP contribution in [0, 0.1) is 5.92 Å². The Kier molecular flexibility index (Phi) is 7.67. The number of hydrogen-bond donors (Lipinski definition) is 2. The first kappa shape index (κ1) is 25.4. The van der Waals surface area contributed by atoms with Gasteiger partial charge in [0.25, 0.3) is 0 Å². The van der Waals surface area contributed by atoms with E-state index in [9.17, 15) is 4.79 Å². The van der Waals surface area contributed by atoms with Gasteiger partial charge in [0.05, 0.1) is 33.9 Å². The predicted molar refractivity (Wildman–Crippen MR) is 144 cm³/mol. The third-order valence-electron chi connectivity index (χ3n) is 6.90. The number of aromatic nitrogens is 2. The number of piperidine rings is 1. The van der Waals surface area contributed by atoms with Crippen LogP contribution >= 0.6 is 0 Å². The van der Waals surface area contributed by atoms with Gasteiger partial charge in [0.2, 0.25) is 17.6 Å². The number of fused-ring (bicyclic) bond motifs is 1. The van der Waals surface area contributed by atoms with Gasteiger partial charge in [-0.05, 0) is 36.1 Å². The summed E-state index contributed by atoms with van der Waals surface area (Å²) in [7, 11) is 4.71. The van der Waals surface area contributed by atoms with E-state index in [0.717, 1.165) is 49.5 Å². The Balaban J connectivity index is 1.23. The predicted octanol–water partition coefficient (Wildman–Crippen LogP) is 3.71. The number of benzene rings is 2. The van der Waals surface area contributed by atoms with Crippen LogP contribution in [-0.2, 0) is 17.8 Å². The maximum absolute atomic E-state index is 13.0. The minimum atomic E-state index is -0.108. The highest BCUT2D eigenvalue weighted by Crippen LogP contribution is 2.40. The van der Waals surface area contributed by atoms with Gasteiger partial charge in [-0.25, -0.2) is 4.98 Å². The Labute approximate surface area is 222 Å². The average molecular weight is 520 g/mol. The Bertz CT molecular complexity index is 1280. The van der Waals surface area contributed by atoms with E-state index in [4.69, 9.17) is 23.9 Å². The van der Waals surface area contributed by atoms with Crippen molar-refractivity contribution in [2.75, 3.05) is 51.2 Å². The number of nitrogens with zero attached hydrogens (tertiary/aromatic N) is 3. The van der Waals surface area contributed by atoms with Gasteiger partial charge in [0, 0.05) is 50.1 Å². The highest BCUT2D eigenvalue weighted by Gasteiger charge is 2.27. The summed E-state index contributed by atoms with van der Waals surface area (Å²) in [5.74, 6) is 3.69. The van der Waals surface area contributed by atoms with Gasteiger partial charge < -0.3 is 34.5 Å². The van der Waals surface area contributed by atoms with Crippen LogP contribution in [0.1, 0.15) is 24.0 Å². The third-order valence-corrected chi connectivity index (χ3v) is 6.90. The van der Waals surface area contributed by atoms with E-state index in [0.29, 0.717) is 42.0 Å². The molecule has 1 amide bonds. The molecular weight excluding hydrogens is 486 g/mol. The molecule has 1 unspecified atom stereocenters. The maximum atomic E-state index is 13.0. The summed E-state index contributed by atoms with van der Waals surface area (Å²) in [6, 6.07) is 11.6. The first-order valence-electron chi connectivity index (χ1n) is 12.7. The van der Waals surface area contributed by atoms with Gasteiger partial charge in [0.1, 0.15) is 11.6 Å². The molecule has 1 aromatic heterocycles. The van der Waals surface area contributed by atoms with Crippen LogP contribution in [-0.4, -0.2) is 56.9 Å². The topological polar surface area (TPSA) is 107 Å². The van der Waals surface area contributed by atoms with Crippen molar-refractivity contribution in [1.82, 2.24) is 15.3 Å².